The SMILES string of the molecule is COc1ccc(NC(=O)/C(C#N)=C\c2cc(Br)c(OCc3ccccc3Cl)c(OC)c2)cc1. The van der Waals surface area contributed by atoms with Crippen molar-refractivity contribution in [2.75, 3.05) is 19.5 Å². The third-order valence-electron chi connectivity index (χ3n) is 4.61. The minimum Gasteiger partial charge on any atom is -0.497 e. The van der Waals surface area contributed by atoms with E-state index in [0.29, 0.717) is 38.0 Å². The van der Waals surface area contributed by atoms with E-state index in [1.807, 2.05) is 24.3 Å². The molecule has 0 aromatic heterocycles. The van der Waals surface area contributed by atoms with Crippen molar-refractivity contribution < 1.29 is 19.0 Å². The Kier molecular flexibility index (Phi) is 8.36. The van der Waals surface area contributed by atoms with Crippen molar-refractivity contribution in [3.05, 3.63) is 86.9 Å². The van der Waals surface area contributed by atoms with Gasteiger partial charge in [-0.3, -0.25) is 4.79 Å². The molecule has 3 rings (SSSR count). The number of methoxy groups -OCH3 is 2. The molecular formula is C25H20BrClN2O4. The molecule has 0 bridgehead atoms. The lowest BCUT2D eigenvalue weighted by molar-refractivity contribution is -0.112. The molecule has 0 aliphatic rings. The van der Waals surface area contributed by atoms with Gasteiger partial charge in [-0.1, -0.05) is 29.8 Å². The molecule has 0 spiro atoms. The van der Waals surface area contributed by atoms with E-state index in [1.165, 1.54) is 13.2 Å². The molecule has 0 aliphatic carbocycles. The van der Waals surface area contributed by atoms with E-state index in [1.54, 1.807) is 49.6 Å². The quantitative estimate of drug-likeness (QED) is 0.277. The average Bonchev–Trinajstić information content (AvgIpc) is 2.82. The number of hydrogen-bond acceptors (Lipinski definition) is 5. The van der Waals surface area contributed by atoms with E-state index in [4.69, 9.17) is 25.8 Å². The van der Waals surface area contributed by atoms with Gasteiger partial charge in [0.05, 0.1) is 18.7 Å². The van der Waals surface area contributed by atoms with Crippen LogP contribution in [0.2, 0.25) is 5.02 Å². The fraction of sp³-hybridized carbons (Fsp3) is 0.120. The molecule has 3 aromatic carbocycles. The minimum atomic E-state index is -0.531. The molecule has 1 amide bonds. The molecule has 0 saturated carbocycles. The number of nitriles is 1. The topological polar surface area (TPSA) is 80.6 Å². The molecule has 0 aliphatic heterocycles. The number of carbonyl (C=O) groups is 1. The minimum absolute atomic E-state index is 0.0653. The first kappa shape index (κ1) is 24.2. The molecule has 0 saturated heterocycles. The number of rotatable bonds is 8. The molecule has 0 atom stereocenters. The predicted molar refractivity (Wildman–Crippen MR) is 132 cm³/mol. The Morgan fingerprint density at radius 3 is 2.48 bits per heavy atom. The highest BCUT2D eigenvalue weighted by Gasteiger charge is 2.15. The van der Waals surface area contributed by atoms with Crippen molar-refractivity contribution in [3.8, 4) is 23.3 Å². The predicted octanol–water partition coefficient (Wildman–Crippen LogP) is 6.24. The largest absolute Gasteiger partial charge is 0.497 e. The Morgan fingerprint density at radius 1 is 1.12 bits per heavy atom. The van der Waals surface area contributed by atoms with Crippen LogP contribution in [0, 0.1) is 11.3 Å². The summed E-state index contributed by atoms with van der Waals surface area (Å²) in [7, 11) is 3.07. The summed E-state index contributed by atoms with van der Waals surface area (Å²) in [5.74, 6) is 1.06. The van der Waals surface area contributed by atoms with E-state index >= 15 is 0 Å². The van der Waals surface area contributed by atoms with Gasteiger partial charge >= 0.3 is 0 Å². The Balaban J connectivity index is 1.80. The van der Waals surface area contributed by atoms with Crippen LogP contribution in [0.25, 0.3) is 6.08 Å². The van der Waals surface area contributed by atoms with Crippen LogP contribution < -0.4 is 19.5 Å². The van der Waals surface area contributed by atoms with Gasteiger partial charge in [0.2, 0.25) is 0 Å². The third-order valence-corrected chi connectivity index (χ3v) is 5.56. The lowest BCUT2D eigenvalue weighted by Crippen LogP contribution is -2.13. The summed E-state index contributed by atoms with van der Waals surface area (Å²) in [6.07, 6.45) is 1.48. The maximum absolute atomic E-state index is 12.6. The second-order valence-corrected chi connectivity index (χ2v) is 8.03. The van der Waals surface area contributed by atoms with Gasteiger partial charge in [0.15, 0.2) is 11.5 Å². The number of anilines is 1. The van der Waals surface area contributed by atoms with Crippen LogP contribution in [0.5, 0.6) is 17.2 Å². The zero-order valence-electron chi connectivity index (χ0n) is 17.9. The lowest BCUT2D eigenvalue weighted by Gasteiger charge is -2.14. The van der Waals surface area contributed by atoms with Crippen LogP contribution in [0.4, 0.5) is 5.69 Å². The molecule has 0 radical (unpaired) electrons. The van der Waals surface area contributed by atoms with Gasteiger partial charge in [-0.25, -0.2) is 0 Å². The normalized spacial score (nSPS) is 10.8. The van der Waals surface area contributed by atoms with Crippen molar-refractivity contribution in [1.82, 2.24) is 0 Å². The summed E-state index contributed by atoms with van der Waals surface area (Å²) in [6.45, 7) is 0.248. The van der Waals surface area contributed by atoms with Gasteiger partial charge in [0.25, 0.3) is 5.91 Å². The lowest BCUT2D eigenvalue weighted by atomic mass is 10.1. The van der Waals surface area contributed by atoms with Gasteiger partial charge in [-0.15, -0.1) is 0 Å². The van der Waals surface area contributed by atoms with E-state index in [2.05, 4.69) is 21.2 Å². The maximum Gasteiger partial charge on any atom is 0.266 e. The zero-order valence-corrected chi connectivity index (χ0v) is 20.2. The van der Waals surface area contributed by atoms with Gasteiger partial charge in [-0.2, -0.15) is 5.26 Å². The first-order chi connectivity index (χ1) is 15.9. The molecule has 0 heterocycles. The smallest absolute Gasteiger partial charge is 0.266 e. The van der Waals surface area contributed by atoms with Gasteiger partial charge < -0.3 is 19.5 Å². The summed E-state index contributed by atoms with van der Waals surface area (Å²) < 4.78 is 17.1. The molecule has 6 nitrogen and oxygen atoms in total. The monoisotopic (exact) mass is 526 g/mol. The number of hydrogen-bond donors (Lipinski definition) is 1. The summed E-state index contributed by atoms with van der Waals surface area (Å²) in [6, 6.07) is 19.6. The summed E-state index contributed by atoms with van der Waals surface area (Å²) >= 11 is 9.68. The van der Waals surface area contributed by atoms with E-state index in [0.717, 1.165) is 5.56 Å². The van der Waals surface area contributed by atoms with Crippen LogP contribution in [0.15, 0.2) is 70.7 Å². The molecular weight excluding hydrogens is 508 g/mol. The first-order valence-electron chi connectivity index (χ1n) is 9.76. The Morgan fingerprint density at radius 2 is 1.85 bits per heavy atom. The van der Waals surface area contributed by atoms with Crippen LogP contribution in [-0.2, 0) is 11.4 Å². The fourth-order valence-electron chi connectivity index (χ4n) is 2.92. The van der Waals surface area contributed by atoms with Crippen molar-refractivity contribution in [3.63, 3.8) is 0 Å². The maximum atomic E-state index is 12.6. The number of nitrogens with one attached hydrogen (secondary N) is 1. The molecule has 168 valence electrons. The number of halogens is 2. The highest BCUT2D eigenvalue weighted by atomic mass is 79.9. The fourth-order valence-corrected chi connectivity index (χ4v) is 3.68. The van der Waals surface area contributed by atoms with Gasteiger partial charge in [0.1, 0.15) is 24.0 Å². The zero-order chi connectivity index (χ0) is 23.8. The van der Waals surface area contributed by atoms with Gasteiger partial charge in [0, 0.05) is 16.3 Å². The molecule has 1 N–H and O–H groups in total. The highest BCUT2D eigenvalue weighted by Crippen LogP contribution is 2.38. The standard InChI is InChI=1S/C25H20BrClN2O4/c1-31-20-9-7-19(8-10-20)29-25(30)18(14-28)11-16-12-21(26)24(23(13-16)32-2)33-15-17-5-3-4-6-22(17)27/h3-13H,15H2,1-2H3,(H,29,30)/b18-11-. The number of nitrogens with zero attached hydrogens (tertiary/aromatic N) is 1. The number of ether oxygens (including phenoxy) is 3. The molecule has 0 fully saturated rings. The number of amides is 1. The summed E-state index contributed by atoms with van der Waals surface area (Å²) in [5, 5.41) is 12.8. The number of benzene rings is 3. The van der Waals surface area contributed by atoms with Crippen molar-refractivity contribution >= 4 is 45.2 Å². The highest BCUT2D eigenvalue weighted by molar-refractivity contribution is 9.10. The third kappa shape index (κ3) is 6.28. The molecule has 3 aromatic rings. The van der Waals surface area contributed by atoms with E-state index in [9.17, 15) is 10.1 Å². The van der Waals surface area contributed by atoms with Crippen LogP contribution >= 0.6 is 27.5 Å². The van der Waals surface area contributed by atoms with Crippen molar-refractivity contribution in [1.29, 1.82) is 5.26 Å². The van der Waals surface area contributed by atoms with Crippen LogP contribution in [-0.4, -0.2) is 20.1 Å². The van der Waals surface area contributed by atoms with Crippen LogP contribution in [0.1, 0.15) is 11.1 Å². The van der Waals surface area contributed by atoms with Crippen molar-refractivity contribution in [2.45, 2.75) is 6.61 Å². The second-order valence-electron chi connectivity index (χ2n) is 6.77. The molecule has 33 heavy (non-hydrogen) atoms. The van der Waals surface area contributed by atoms with Gasteiger partial charge in [-0.05, 0) is 70.0 Å². The molecule has 0 unspecified atom stereocenters. The van der Waals surface area contributed by atoms with Crippen molar-refractivity contribution in [2.24, 2.45) is 0 Å². The Bertz CT molecular complexity index is 1220. The number of carbonyl (C=O) groups excluding carboxylic acids is 1. The van der Waals surface area contributed by atoms with E-state index < -0.39 is 5.91 Å². The summed E-state index contributed by atoms with van der Waals surface area (Å²) in [4.78, 5) is 12.6. The Labute approximate surface area is 205 Å². The first-order valence-corrected chi connectivity index (χ1v) is 10.9. The van der Waals surface area contributed by atoms with E-state index in [-0.39, 0.29) is 12.2 Å². The average molecular weight is 528 g/mol. The van der Waals surface area contributed by atoms with Crippen LogP contribution in [0.3, 0.4) is 0 Å². The summed E-state index contributed by atoms with van der Waals surface area (Å²) in [5.41, 5.74) is 1.90. The Hall–Kier alpha value is -3.47. The second kappa shape index (κ2) is 11.4. The molecule has 8 heteroatoms.